The van der Waals surface area contributed by atoms with Crippen LogP contribution >= 0.6 is 49.0 Å². The average Bonchev–Trinajstić information content (AvgIpc) is 2.06. The quantitative estimate of drug-likeness (QED) is 0.396. The Bertz CT molecular complexity index is 71.8. The molecule has 6 heteroatoms. The highest BCUT2D eigenvalue weighted by atomic mass is 35.5. The normalized spacial score (nSPS) is 7.58. The number of hydrazine groups is 1. The Morgan fingerprint density at radius 3 is 1.92 bits per heavy atom. The number of hydrogen-bond acceptors (Lipinski definition) is 5. The molecule has 0 aliphatic heterocycles. The zero-order chi connectivity index (χ0) is 10.4. The molecule has 0 aromatic rings. The van der Waals surface area contributed by atoms with E-state index in [1.54, 1.807) is 7.05 Å². The lowest BCUT2D eigenvalue weighted by molar-refractivity contribution is 0.602. The summed E-state index contributed by atoms with van der Waals surface area (Å²) in [4.78, 5) is 0. The summed E-state index contributed by atoms with van der Waals surface area (Å²) in [5, 5.41) is 1.44. The first-order valence-electron chi connectivity index (χ1n) is 3.16. The van der Waals surface area contributed by atoms with Crippen molar-refractivity contribution in [2.24, 2.45) is 0 Å². The van der Waals surface area contributed by atoms with Crippen LogP contribution in [0.4, 0.5) is 0 Å². The fraction of sp³-hybridized carbons (Fsp3) is 0.667. The summed E-state index contributed by atoms with van der Waals surface area (Å²) in [5.74, 6) is 1.24. The van der Waals surface area contributed by atoms with Gasteiger partial charge in [-0.1, -0.05) is 26.3 Å². The highest BCUT2D eigenvalue weighted by Crippen LogP contribution is 1.86. The van der Waals surface area contributed by atoms with Crippen LogP contribution in [0.15, 0.2) is 12.0 Å². The Morgan fingerprint density at radius 1 is 1.75 bits per heavy atom. The molecule has 0 radical (unpaired) electrons. The average molecular weight is 249 g/mol. The molecule has 0 aromatic carbocycles. The molecule has 0 aliphatic carbocycles. The largest absolute Gasteiger partial charge is 0.234 e. The van der Waals surface area contributed by atoms with Crippen LogP contribution in [0.3, 0.4) is 0 Å². The first kappa shape index (κ1) is 18.7. The number of thiol groups is 2. The topological polar surface area (TPSA) is 15.3 Å². The predicted molar refractivity (Wildman–Crippen MR) is 69.0 cm³/mol. The Morgan fingerprint density at radius 2 is 1.92 bits per heavy atom. The molecule has 0 aromatic heterocycles. The molecule has 0 saturated carbocycles. The van der Waals surface area contributed by atoms with Crippen LogP contribution in [0, 0.1) is 0 Å². The molecule has 12 heavy (non-hydrogen) atoms. The summed E-state index contributed by atoms with van der Waals surface area (Å²) < 4.78 is 1.04. The maximum atomic E-state index is 5.05. The van der Waals surface area contributed by atoms with Crippen LogP contribution in [0.25, 0.3) is 0 Å². The first-order valence-corrected chi connectivity index (χ1v) is 5.81. The third-order valence-corrected chi connectivity index (χ3v) is 1.42. The second kappa shape index (κ2) is 22.7. The van der Waals surface area contributed by atoms with Gasteiger partial charge in [0, 0.05) is 18.8 Å². The van der Waals surface area contributed by atoms with Gasteiger partial charge in [0.2, 0.25) is 0 Å². The minimum absolute atomic E-state index is 1.04. The van der Waals surface area contributed by atoms with Crippen molar-refractivity contribution in [2.75, 3.05) is 19.1 Å². The summed E-state index contributed by atoms with van der Waals surface area (Å²) >= 11 is 14.0. The van der Waals surface area contributed by atoms with Crippen LogP contribution in [0.1, 0.15) is 6.92 Å². The number of thioether (sulfide) groups is 1. The van der Waals surface area contributed by atoms with Gasteiger partial charge in [0.15, 0.2) is 0 Å². The van der Waals surface area contributed by atoms with Crippen molar-refractivity contribution in [1.82, 2.24) is 9.36 Å². The molecule has 0 saturated heterocycles. The van der Waals surface area contributed by atoms with E-state index in [1.165, 1.54) is 11.2 Å². The second-order valence-corrected chi connectivity index (χ2v) is 3.74. The van der Waals surface area contributed by atoms with Crippen molar-refractivity contribution in [3.63, 3.8) is 0 Å². The van der Waals surface area contributed by atoms with Crippen molar-refractivity contribution >= 4 is 49.0 Å². The molecule has 0 spiro atoms. The predicted octanol–water partition coefficient (Wildman–Crippen LogP) is 2.85. The molecule has 0 heterocycles. The molecule has 1 N–H and O–H groups in total. The third-order valence-electron chi connectivity index (χ3n) is 0.473. The lowest BCUT2D eigenvalue weighted by Gasteiger charge is -1.96. The van der Waals surface area contributed by atoms with Gasteiger partial charge in [0.25, 0.3) is 0 Å². The van der Waals surface area contributed by atoms with Crippen LogP contribution in [0.2, 0.25) is 0 Å². The van der Waals surface area contributed by atoms with Crippen LogP contribution in [-0.2, 0) is 0 Å². The van der Waals surface area contributed by atoms with Gasteiger partial charge in [0.05, 0.1) is 0 Å². The maximum absolute atomic E-state index is 5.05. The van der Waals surface area contributed by atoms with Gasteiger partial charge < -0.3 is 0 Å². The van der Waals surface area contributed by atoms with Crippen molar-refractivity contribution in [3.8, 4) is 0 Å². The van der Waals surface area contributed by atoms with Crippen molar-refractivity contribution in [3.05, 3.63) is 12.0 Å². The molecular formula is C6H17ClN2S3. The van der Waals surface area contributed by atoms with E-state index in [0.717, 1.165) is 3.93 Å². The third kappa shape index (κ3) is 68.8. The van der Waals surface area contributed by atoms with Gasteiger partial charge in [-0.2, -0.15) is 24.4 Å². The molecule has 76 valence electrons. The number of nitrogens with one attached hydrogen (secondary N) is 1. The summed E-state index contributed by atoms with van der Waals surface area (Å²) in [6.07, 6.45) is 2.10. The number of nitrogens with zero attached hydrogens (tertiary/aromatic N) is 1. The van der Waals surface area contributed by atoms with Crippen LogP contribution in [0.5, 0.6) is 0 Å². The fourth-order valence-corrected chi connectivity index (χ4v) is 0. The molecule has 0 unspecified atom stereocenters. The van der Waals surface area contributed by atoms with Crippen molar-refractivity contribution in [1.29, 1.82) is 0 Å². The first-order chi connectivity index (χ1) is 5.60. The SMILES string of the molecule is C=CS.CCSC.CNN(S)Cl. The Hall–Kier alpha value is 1.00. The van der Waals surface area contributed by atoms with Gasteiger partial charge >= 0.3 is 0 Å². The molecule has 0 aliphatic rings. The van der Waals surface area contributed by atoms with E-state index < -0.39 is 0 Å². The van der Waals surface area contributed by atoms with Gasteiger partial charge in [-0.25, -0.2) is 5.43 Å². The monoisotopic (exact) mass is 248 g/mol. The molecular weight excluding hydrogens is 232 g/mol. The molecule has 0 fully saturated rings. The van der Waals surface area contributed by atoms with E-state index in [1.807, 2.05) is 11.8 Å². The van der Waals surface area contributed by atoms with Crippen molar-refractivity contribution in [2.45, 2.75) is 6.92 Å². The van der Waals surface area contributed by atoms with E-state index in [9.17, 15) is 0 Å². The van der Waals surface area contributed by atoms with Gasteiger partial charge in [-0.15, -0.1) is 3.93 Å². The zero-order valence-electron chi connectivity index (χ0n) is 7.62. The minimum Gasteiger partial charge on any atom is -0.234 e. The highest BCUT2D eigenvalue weighted by molar-refractivity contribution is 7.98. The van der Waals surface area contributed by atoms with E-state index in [2.05, 4.69) is 50.6 Å². The van der Waals surface area contributed by atoms with Crippen LogP contribution in [-0.4, -0.2) is 23.0 Å². The molecule has 0 rings (SSSR count). The lowest BCUT2D eigenvalue weighted by atomic mass is 11.0. The minimum atomic E-state index is 1.04. The van der Waals surface area contributed by atoms with E-state index in [4.69, 9.17) is 11.8 Å². The van der Waals surface area contributed by atoms with Crippen LogP contribution < -0.4 is 5.43 Å². The molecule has 0 bridgehead atoms. The summed E-state index contributed by atoms with van der Waals surface area (Å²) in [5.41, 5.74) is 2.49. The second-order valence-electron chi connectivity index (χ2n) is 1.24. The van der Waals surface area contributed by atoms with Crippen molar-refractivity contribution < 1.29 is 0 Å². The van der Waals surface area contributed by atoms with Gasteiger partial charge in [-0.05, 0) is 17.4 Å². The maximum Gasteiger partial charge on any atom is 0.00647 e. The number of hydrogen-bond donors (Lipinski definition) is 3. The zero-order valence-corrected chi connectivity index (χ0v) is 11.0. The molecule has 0 amide bonds. The standard InChI is InChI=1S/C3H8S.C2H4S.CH5ClN2S/c1-3-4-2;1-2-3;1-3-4(2)5/h3H2,1-2H3;2-3H,1H2;3,5H,1H3. The fourth-order valence-electron chi connectivity index (χ4n) is 0. The molecule has 0 atom stereocenters. The van der Waals surface area contributed by atoms with E-state index in [-0.39, 0.29) is 0 Å². The Balaban J connectivity index is -0.000000105. The van der Waals surface area contributed by atoms with E-state index in [0.29, 0.717) is 0 Å². The smallest absolute Gasteiger partial charge is 0.00647 e. The van der Waals surface area contributed by atoms with Gasteiger partial charge in [-0.3, -0.25) is 0 Å². The summed E-state index contributed by atoms with van der Waals surface area (Å²) in [6.45, 7) is 5.37. The summed E-state index contributed by atoms with van der Waals surface area (Å²) in [6, 6.07) is 0. The summed E-state index contributed by atoms with van der Waals surface area (Å²) in [7, 11) is 1.67. The number of rotatable bonds is 2. The Labute approximate surface area is 96.1 Å². The lowest BCUT2D eigenvalue weighted by Crippen LogP contribution is -2.13. The van der Waals surface area contributed by atoms with E-state index >= 15 is 0 Å². The number of halogens is 1. The van der Waals surface area contributed by atoms with Gasteiger partial charge in [0.1, 0.15) is 0 Å². The molecule has 2 nitrogen and oxygen atoms in total. The highest BCUT2D eigenvalue weighted by Gasteiger charge is 1.74. The Kier molecular flexibility index (Phi) is 35.4.